The lowest BCUT2D eigenvalue weighted by atomic mass is 9.93. The molecule has 0 saturated carbocycles. The topological polar surface area (TPSA) is 78.0 Å². The number of halogens is 1. The molecule has 0 aliphatic carbocycles. The molecule has 7 nitrogen and oxygen atoms in total. The number of rotatable bonds is 8. The van der Waals surface area contributed by atoms with E-state index in [1.807, 2.05) is 12.1 Å². The SMILES string of the molecule is CCCNC(=O)CN1CCC(NC(=NCC2CCOc3ccccc32)NCC)CC1.I. The highest BCUT2D eigenvalue weighted by atomic mass is 127. The van der Waals surface area contributed by atoms with Crippen molar-refractivity contribution in [3.63, 3.8) is 0 Å². The highest BCUT2D eigenvalue weighted by molar-refractivity contribution is 14.0. The van der Waals surface area contributed by atoms with Crippen molar-refractivity contribution in [3.05, 3.63) is 29.8 Å². The van der Waals surface area contributed by atoms with Crippen molar-refractivity contribution in [1.29, 1.82) is 0 Å². The summed E-state index contributed by atoms with van der Waals surface area (Å²) < 4.78 is 5.78. The van der Waals surface area contributed by atoms with Gasteiger partial charge in [-0.05, 0) is 44.2 Å². The summed E-state index contributed by atoms with van der Waals surface area (Å²) in [5.74, 6) is 2.42. The highest BCUT2D eigenvalue weighted by Gasteiger charge is 2.23. The molecule has 8 heteroatoms. The van der Waals surface area contributed by atoms with Gasteiger partial charge in [0, 0.05) is 44.7 Å². The van der Waals surface area contributed by atoms with Crippen LogP contribution in [0.1, 0.15) is 51.0 Å². The number of carbonyl (C=O) groups excluding carboxylic acids is 1. The van der Waals surface area contributed by atoms with Gasteiger partial charge in [0.25, 0.3) is 0 Å². The Labute approximate surface area is 203 Å². The van der Waals surface area contributed by atoms with Crippen LogP contribution in [-0.2, 0) is 4.79 Å². The van der Waals surface area contributed by atoms with E-state index in [0.29, 0.717) is 18.5 Å². The monoisotopic (exact) mass is 543 g/mol. The van der Waals surface area contributed by atoms with Gasteiger partial charge in [0.2, 0.25) is 5.91 Å². The largest absolute Gasteiger partial charge is 0.493 e. The van der Waals surface area contributed by atoms with Gasteiger partial charge < -0.3 is 20.7 Å². The third-order valence-corrected chi connectivity index (χ3v) is 5.76. The number of fused-ring (bicyclic) bond motifs is 1. The number of likely N-dealkylation sites (tertiary alicyclic amines) is 1. The molecular formula is C23H38IN5O2. The van der Waals surface area contributed by atoms with Crippen molar-refractivity contribution in [3.8, 4) is 5.75 Å². The van der Waals surface area contributed by atoms with Crippen LogP contribution < -0.4 is 20.7 Å². The fourth-order valence-electron chi connectivity index (χ4n) is 4.08. The van der Waals surface area contributed by atoms with Crippen LogP contribution in [0.2, 0.25) is 0 Å². The summed E-state index contributed by atoms with van der Waals surface area (Å²) in [7, 11) is 0. The third kappa shape index (κ3) is 8.14. The van der Waals surface area contributed by atoms with Gasteiger partial charge in [-0.1, -0.05) is 25.1 Å². The summed E-state index contributed by atoms with van der Waals surface area (Å²) in [5.41, 5.74) is 1.26. The van der Waals surface area contributed by atoms with E-state index < -0.39 is 0 Å². The van der Waals surface area contributed by atoms with Crippen molar-refractivity contribution in [1.82, 2.24) is 20.9 Å². The summed E-state index contributed by atoms with van der Waals surface area (Å²) in [6.45, 7) is 9.65. The Morgan fingerprint density at radius 1 is 1.16 bits per heavy atom. The number of nitrogens with one attached hydrogen (secondary N) is 3. The molecular weight excluding hydrogens is 505 g/mol. The summed E-state index contributed by atoms with van der Waals surface area (Å²) >= 11 is 0. The van der Waals surface area contributed by atoms with Gasteiger partial charge >= 0.3 is 0 Å². The molecule has 0 radical (unpaired) electrons. The van der Waals surface area contributed by atoms with Crippen LogP contribution >= 0.6 is 24.0 Å². The Hall–Kier alpha value is -1.55. The number of piperidine rings is 1. The van der Waals surface area contributed by atoms with Crippen molar-refractivity contribution in [2.75, 3.05) is 45.9 Å². The van der Waals surface area contributed by atoms with Gasteiger partial charge in [-0.2, -0.15) is 0 Å². The van der Waals surface area contributed by atoms with E-state index >= 15 is 0 Å². The molecule has 1 fully saturated rings. The first kappa shape index (κ1) is 25.7. The molecule has 0 spiro atoms. The fraction of sp³-hybridized carbons (Fsp3) is 0.652. The average Bonchev–Trinajstić information content (AvgIpc) is 2.77. The lowest BCUT2D eigenvalue weighted by Gasteiger charge is -2.32. The molecule has 174 valence electrons. The first-order chi connectivity index (χ1) is 14.7. The van der Waals surface area contributed by atoms with E-state index in [0.717, 1.165) is 76.7 Å². The number of hydrogen-bond donors (Lipinski definition) is 3. The van der Waals surface area contributed by atoms with Gasteiger partial charge in [0.15, 0.2) is 5.96 Å². The van der Waals surface area contributed by atoms with E-state index in [1.165, 1.54) is 5.56 Å². The number of ether oxygens (including phenoxy) is 1. The van der Waals surface area contributed by atoms with Crippen molar-refractivity contribution in [2.45, 2.75) is 51.5 Å². The maximum atomic E-state index is 11.9. The molecule has 1 unspecified atom stereocenters. The second kappa shape index (κ2) is 13.8. The van der Waals surface area contributed by atoms with Crippen LogP contribution in [0.4, 0.5) is 0 Å². The molecule has 1 aromatic carbocycles. The lowest BCUT2D eigenvalue weighted by molar-refractivity contribution is -0.122. The zero-order valence-corrected chi connectivity index (χ0v) is 21.2. The Bertz CT molecular complexity index is 707. The average molecular weight is 543 g/mol. The predicted octanol–water partition coefficient (Wildman–Crippen LogP) is 2.72. The molecule has 3 rings (SSSR count). The number of aliphatic imine (C=N–C) groups is 1. The second-order valence-corrected chi connectivity index (χ2v) is 8.14. The minimum atomic E-state index is 0. The molecule has 1 saturated heterocycles. The van der Waals surface area contributed by atoms with Crippen LogP contribution in [0.3, 0.4) is 0 Å². The zero-order chi connectivity index (χ0) is 21.2. The van der Waals surface area contributed by atoms with Crippen LogP contribution in [-0.4, -0.2) is 68.7 Å². The van der Waals surface area contributed by atoms with E-state index in [9.17, 15) is 4.79 Å². The Morgan fingerprint density at radius 3 is 2.68 bits per heavy atom. The minimum Gasteiger partial charge on any atom is -0.493 e. The standard InChI is InChI=1S/C23H37N5O2.HI/c1-3-12-25-22(29)17-28-13-9-19(10-14-28)27-23(24-4-2)26-16-18-11-15-30-21-8-6-5-7-20(18)21;/h5-8,18-19H,3-4,9-17H2,1-2H3,(H,25,29)(H2,24,26,27);1H. The minimum absolute atomic E-state index is 0. The molecule has 0 aromatic heterocycles. The summed E-state index contributed by atoms with van der Waals surface area (Å²) in [5, 5.41) is 9.96. The highest BCUT2D eigenvalue weighted by Crippen LogP contribution is 2.33. The van der Waals surface area contributed by atoms with E-state index in [1.54, 1.807) is 0 Å². The number of para-hydroxylation sites is 1. The number of carbonyl (C=O) groups is 1. The number of nitrogens with zero attached hydrogens (tertiary/aromatic N) is 2. The van der Waals surface area contributed by atoms with Crippen LogP contribution in [0.15, 0.2) is 29.3 Å². The lowest BCUT2D eigenvalue weighted by Crippen LogP contribution is -2.50. The predicted molar refractivity (Wildman–Crippen MR) is 137 cm³/mol. The van der Waals surface area contributed by atoms with Crippen LogP contribution in [0.5, 0.6) is 5.75 Å². The van der Waals surface area contributed by atoms with Gasteiger partial charge in [-0.15, -0.1) is 24.0 Å². The maximum absolute atomic E-state index is 11.9. The number of benzene rings is 1. The molecule has 1 atom stereocenters. The molecule has 2 aliphatic rings. The van der Waals surface area contributed by atoms with Gasteiger partial charge in [-0.25, -0.2) is 0 Å². The smallest absolute Gasteiger partial charge is 0.234 e. The first-order valence-electron chi connectivity index (χ1n) is 11.4. The molecule has 1 aromatic rings. The molecule has 31 heavy (non-hydrogen) atoms. The van der Waals surface area contributed by atoms with Gasteiger partial charge in [0.05, 0.1) is 13.2 Å². The van der Waals surface area contributed by atoms with Gasteiger partial charge in [-0.3, -0.25) is 14.7 Å². The third-order valence-electron chi connectivity index (χ3n) is 5.76. The fourth-order valence-corrected chi connectivity index (χ4v) is 4.08. The molecule has 2 aliphatic heterocycles. The van der Waals surface area contributed by atoms with Crippen LogP contribution in [0, 0.1) is 0 Å². The Morgan fingerprint density at radius 2 is 1.94 bits per heavy atom. The molecule has 0 bridgehead atoms. The summed E-state index contributed by atoms with van der Waals surface area (Å²) in [6.07, 6.45) is 4.01. The summed E-state index contributed by atoms with van der Waals surface area (Å²) in [4.78, 5) is 19.1. The number of amides is 1. The summed E-state index contributed by atoms with van der Waals surface area (Å²) in [6, 6.07) is 8.69. The van der Waals surface area contributed by atoms with E-state index in [-0.39, 0.29) is 29.9 Å². The number of hydrogen-bond acceptors (Lipinski definition) is 4. The van der Waals surface area contributed by atoms with Crippen LogP contribution in [0.25, 0.3) is 0 Å². The quantitative estimate of drug-likeness (QED) is 0.267. The molecule has 1 amide bonds. The Kier molecular flexibility index (Phi) is 11.4. The van der Waals surface area contributed by atoms with Crippen molar-refractivity contribution in [2.24, 2.45) is 4.99 Å². The second-order valence-electron chi connectivity index (χ2n) is 8.14. The first-order valence-corrected chi connectivity index (χ1v) is 11.4. The Balaban J connectivity index is 0.00000341. The zero-order valence-electron chi connectivity index (χ0n) is 18.9. The number of guanidine groups is 1. The molecule has 2 heterocycles. The van der Waals surface area contributed by atoms with Crippen molar-refractivity contribution < 1.29 is 9.53 Å². The normalized spacial score (nSPS) is 19.5. The maximum Gasteiger partial charge on any atom is 0.234 e. The van der Waals surface area contributed by atoms with Gasteiger partial charge in [0.1, 0.15) is 5.75 Å². The van der Waals surface area contributed by atoms with E-state index in [2.05, 4.69) is 46.8 Å². The van der Waals surface area contributed by atoms with Crippen molar-refractivity contribution >= 4 is 35.8 Å². The van der Waals surface area contributed by atoms with E-state index in [4.69, 9.17) is 9.73 Å². The molecule has 3 N–H and O–H groups in total.